The molecule has 4 rings (SSSR count). The maximum atomic E-state index is 12.7. The number of nitrogens with two attached hydrogens (primary N) is 1. The highest BCUT2D eigenvalue weighted by Crippen LogP contribution is 2.33. The molecule has 12 heteroatoms. The van der Waals surface area contributed by atoms with Crippen LogP contribution >= 0.6 is 0 Å². The number of carbonyl (C=O) groups excluding carboxylic acids is 1. The Balaban J connectivity index is 1.61. The van der Waals surface area contributed by atoms with E-state index in [0.29, 0.717) is 37.9 Å². The number of ether oxygens (including phenoxy) is 2. The molecule has 42 heavy (non-hydrogen) atoms. The van der Waals surface area contributed by atoms with Gasteiger partial charge >= 0.3 is 6.09 Å². The molecule has 0 radical (unpaired) electrons. The predicted molar refractivity (Wildman–Crippen MR) is 169 cm³/mol. The number of aromatic nitrogens is 3. The standard InChI is InChI=1S/C30H45N7O4Si/c1-20-16-32-28(33-22-9-8-12-36(17-22)29(38)41-30(2,3)4)34-26(20)24-18-37(19-40-13-14-42(5,6)7)25-15-21(27(31)35-39)10-11-23(24)25/h10-11,15-16,18,22,39H,8-9,12-14,17,19H2,1-7H3,(H2,31,35)(H,32,33,34)/t22-/m0/s1. The van der Waals surface area contributed by atoms with Crippen molar-refractivity contribution >= 4 is 36.9 Å². The number of benzene rings is 1. The number of amidine groups is 1. The van der Waals surface area contributed by atoms with Crippen molar-refractivity contribution in [2.75, 3.05) is 25.0 Å². The van der Waals surface area contributed by atoms with Crippen molar-refractivity contribution in [2.24, 2.45) is 10.9 Å². The van der Waals surface area contributed by atoms with Crippen LogP contribution in [-0.4, -0.2) is 76.0 Å². The van der Waals surface area contributed by atoms with Crippen LogP contribution in [0.1, 0.15) is 44.7 Å². The predicted octanol–water partition coefficient (Wildman–Crippen LogP) is 5.62. The summed E-state index contributed by atoms with van der Waals surface area (Å²) in [4.78, 5) is 23.9. The smallest absolute Gasteiger partial charge is 0.410 e. The summed E-state index contributed by atoms with van der Waals surface area (Å²) in [6, 6.07) is 6.77. The lowest BCUT2D eigenvalue weighted by Gasteiger charge is -2.34. The molecular weight excluding hydrogens is 550 g/mol. The van der Waals surface area contributed by atoms with Crippen LogP contribution in [-0.2, 0) is 16.2 Å². The lowest BCUT2D eigenvalue weighted by Crippen LogP contribution is -2.47. The van der Waals surface area contributed by atoms with E-state index < -0.39 is 13.7 Å². The van der Waals surface area contributed by atoms with E-state index in [2.05, 4.69) is 35.1 Å². The highest BCUT2D eigenvalue weighted by atomic mass is 28.3. The highest BCUT2D eigenvalue weighted by Gasteiger charge is 2.28. The van der Waals surface area contributed by atoms with E-state index in [4.69, 9.17) is 20.2 Å². The highest BCUT2D eigenvalue weighted by molar-refractivity contribution is 6.76. The van der Waals surface area contributed by atoms with E-state index in [1.807, 2.05) is 62.9 Å². The number of hydrogen-bond donors (Lipinski definition) is 3. The van der Waals surface area contributed by atoms with Crippen LogP contribution in [0.4, 0.5) is 10.7 Å². The number of aryl methyl sites for hydroxylation is 1. The van der Waals surface area contributed by atoms with Crippen LogP contribution in [0.2, 0.25) is 25.7 Å². The van der Waals surface area contributed by atoms with Gasteiger partial charge in [0.2, 0.25) is 5.95 Å². The zero-order chi connectivity index (χ0) is 30.7. The van der Waals surface area contributed by atoms with Gasteiger partial charge in [0.1, 0.15) is 12.3 Å². The van der Waals surface area contributed by atoms with E-state index in [-0.39, 0.29) is 18.0 Å². The molecule has 228 valence electrons. The average molecular weight is 596 g/mol. The van der Waals surface area contributed by atoms with Crippen molar-refractivity contribution < 1.29 is 19.5 Å². The Bertz CT molecular complexity index is 1440. The number of nitrogens with one attached hydrogen (secondary N) is 1. The van der Waals surface area contributed by atoms with Crippen molar-refractivity contribution in [3.63, 3.8) is 0 Å². The first kappa shape index (κ1) is 31.3. The summed E-state index contributed by atoms with van der Waals surface area (Å²) in [6.07, 6.45) is 5.32. The normalized spacial score (nSPS) is 16.6. The molecule has 1 aliphatic heterocycles. The molecule has 1 saturated heterocycles. The van der Waals surface area contributed by atoms with Crippen molar-refractivity contribution in [1.82, 2.24) is 19.4 Å². The molecule has 11 nitrogen and oxygen atoms in total. The van der Waals surface area contributed by atoms with E-state index in [1.54, 1.807) is 4.90 Å². The average Bonchev–Trinajstić information content (AvgIpc) is 3.28. The molecule has 3 heterocycles. The monoisotopic (exact) mass is 595 g/mol. The first-order chi connectivity index (χ1) is 19.7. The molecular formula is C30H45N7O4Si. The second-order valence-electron chi connectivity index (χ2n) is 13.2. The molecule has 2 aromatic heterocycles. The Labute approximate surface area is 249 Å². The fourth-order valence-corrected chi connectivity index (χ4v) is 5.66. The largest absolute Gasteiger partial charge is 0.444 e. The number of likely N-dealkylation sites (tertiary alicyclic amines) is 1. The van der Waals surface area contributed by atoms with Gasteiger partial charge in [-0.25, -0.2) is 14.8 Å². The number of rotatable bonds is 9. The fourth-order valence-electron chi connectivity index (χ4n) is 4.90. The Morgan fingerprint density at radius 1 is 1.29 bits per heavy atom. The molecule has 4 N–H and O–H groups in total. The maximum Gasteiger partial charge on any atom is 0.410 e. The van der Waals surface area contributed by atoms with Gasteiger partial charge in [-0.1, -0.05) is 36.9 Å². The number of nitrogens with zero attached hydrogens (tertiary/aromatic N) is 5. The second-order valence-corrected chi connectivity index (χ2v) is 18.8. The molecule has 0 saturated carbocycles. The summed E-state index contributed by atoms with van der Waals surface area (Å²) in [5, 5.41) is 16.8. The molecule has 0 bridgehead atoms. The van der Waals surface area contributed by atoms with Gasteiger partial charge in [0, 0.05) is 62.7 Å². The number of hydrogen-bond acceptors (Lipinski definition) is 8. The van der Waals surface area contributed by atoms with Gasteiger partial charge in [0.05, 0.1) is 11.2 Å². The number of fused-ring (bicyclic) bond motifs is 1. The van der Waals surface area contributed by atoms with Crippen molar-refractivity contribution in [2.45, 2.75) is 84.6 Å². The summed E-state index contributed by atoms with van der Waals surface area (Å²) in [5.74, 6) is 0.552. The summed E-state index contributed by atoms with van der Waals surface area (Å²) in [5.41, 5.74) is 9.56. The van der Waals surface area contributed by atoms with Gasteiger partial charge < -0.3 is 35.2 Å². The zero-order valence-corrected chi connectivity index (χ0v) is 26.9. The fraction of sp³-hybridized carbons (Fsp3) is 0.533. The molecule has 1 aromatic carbocycles. The summed E-state index contributed by atoms with van der Waals surface area (Å²) in [6.45, 7) is 16.8. The maximum absolute atomic E-state index is 12.7. The van der Waals surface area contributed by atoms with E-state index in [1.165, 1.54) is 0 Å². The lowest BCUT2D eigenvalue weighted by atomic mass is 10.0. The Morgan fingerprint density at radius 3 is 2.74 bits per heavy atom. The molecule has 1 fully saturated rings. The van der Waals surface area contributed by atoms with E-state index >= 15 is 0 Å². The quantitative estimate of drug-likeness (QED) is 0.0723. The molecule has 1 atom stereocenters. The van der Waals surface area contributed by atoms with E-state index in [0.717, 1.165) is 46.6 Å². The number of piperidine rings is 1. The number of amides is 1. The van der Waals surface area contributed by atoms with Gasteiger partial charge in [-0.05, 0) is 58.2 Å². The van der Waals surface area contributed by atoms with Crippen LogP contribution in [0, 0.1) is 6.92 Å². The third-order valence-electron chi connectivity index (χ3n) is 7.15. The van der Waals surface area contributed by atoms with Crippen LogP contribution in [0.25, 0.3) is 22.2 Å². The van der Waals surface area contributed by atoms with Crippen molar-refractivity contribution in [3.05, 3.63) is 41.7 Å². The minimum atomic E-state index is -1.23. The Hall–Kier alpha value is -3.64. The summed E-state index contributed by atoms with van der Waals surface area (Å²) < 4.78 is 13.7. The van der Waals surface area contributed by atoms with Crippen LogP contribution in [0.5, 0.6) is 0 Å². The Kier molecular flexibility index (Phi) is 9.46. The minimum absolute atomic E-state index is 0.00577. The first-order valence-corrected chi connectivity index (χ1v) is 18.2. The van der Waals surface area contributed by atoms with Crippen molar-refractivity contribution in [1.29, 1.82) is 0 Å². The van der Waals surface area contributed by atoms with Gasteiger partial charge in [-0.15, -0.1) is 0 Å². The van der Waals surface area contributed by atoms with Crippen LogP contribution in [0.3, 0.4) is 0 Å². The van der Waals surface area contributed by atoms with Crippen LogP contribution in [0.15, 0.2) is 35.7 Å². The topological polar surface area (TPSA) is 140 Å². The number of oxime groups is 1. The van der Waals surface area contributed by atoms with Gasteiger partial charge in [0.25, 0.3) is 0 Å². The zero-order valence-electron chi connectivity index (χ0n) is 25.9. The second kappa shape index (κ2) is 12.7. The van der Waals surface area contributed by atoms with Crippen molar-refractivity contribution in [3.8, 4) is 11.3 Å². The lowest BCUT2D eigenvalue weighted by molar-refractivity contribution is 0.0206. The summed E-state index contributed by atoms with van der Waals surface area (Å²) in [7, 11) is -1.23. The molecule has 3 aromatic rings. The van der Waals surface area contributed by atoms with Gasteiger partial charge in [0.15, 0.2) is 5.84 Å². The van der Waals surface area contributed by atoms with Gasteiger partial charge in [-0.3, -0.25) is 0 Å². The van der Waals surface area contributed by atoms with Gasteiger partial charge in [-0.2, -0.15) is 0 Å². The molecule has 0 spiro atoms. The third-order valence-corrected chi connectivity index (χ3v) is 8.85. The molecule has 1 amide bonds. The molecule has 0 unspecified atom stereocenters. The SMILES string of the molecule is Cc1cnc(N[C@H]2CCCN(C(=O)OC(C)(C)C)C2)nc1-c1cn(COCC[Si](C)(C)C)c2cc(/C(N)=N/O)ccc12. The first-order valence-electron chi connectivity index (χ1n) is 14.5. The minimum Gasteiger partial charge on any atom is -0.444 e. The third kappa shape index (κ3) is 8.00. The van der Waals surface area contributed by atoms with E-state index in [9.17, 15) is 10.0 Å². The number of carbonyl (C=O) groups is 1. The number of anilines is 1. The Morgan fingerprint density at radius 2 is 2.05 bits per heavy atom. The molecule has 0 aliphatic carbocycles. The van der Waals surface area contributed by atoms with Crippen LogP contribution < -0.4 is 11.1 Å². The summed E-state index contributed by atoms with van der Waals surface area (Å²) >= 11 is 0. The molecule has 1 aliphatic rings.